The highest BCUT2D eigenvalue weighted by Gasteiger charge is 2.77. The van der Waals surface area contributed by atoms with Gasteiger partial charge >= 0.3 is 11.9 Å². The van der Waals surface area contributed by atoms with E-state index in [4.69, 9.17) is 23.7 Å². The van der Waals surface area contributed by atoms with E-state index >= 15 is 0 Å². The minimum atomic E-state index is -1.21. The van der Waals surface area contributed by atoms with Crippen molar-refractivity contribution in [1.29, 1.82) is 0 Å². The second kappa shape index (κ2) is 8.10. The predicted molar refractivity (Wildman–Crippen MR) is 128 cm³/mol. The van der Waals surface area contributed by atoms with Crippen molar-refractivity contribution in [3.05, 3.63) is 11.6 Å². The Kier molecular flexibility index (Phi) is 5.58. The Bertz CT molecular complexity index is 1050. The number of rotatable bonds is 3. The van der Waals surface area contributed by atoms with E-state index in [-0.39, 0.29) is 49.1 Å². The SMILES string of the molecule is CC1(C)C[C@@]2(C)C(=CC1=O)CCC1C2[C@@H](OC(=O)CC(=O)O)C[C@@]2(C)C1CC[C@@]21OCOC12COCO2. The van der Waals surface area contributed by atoms with E-state index in [0.29, 0.717) is 12.8 Å². The summed E-state index contributed by atoms with van der Waals surface area (Å²) in [6, 6.07) is 0. The number of hydrogen-bond acceptors (Lipinski definition) is 8. The lowest BCUT2D eigenvalue weighted by atomic mass is 9.43. The highest BCUT2D eigenvalue weighted by Crippen LogP contribution is 2.72. The lowest BCUT2D eigenvalue weighted by Gasteiger charge is -2.62. The Balaban J connectivity index is 1.44. The van der Waals surface area contributed by atoms with Gasteiger partial charge in [-0.2, -0.15) is 0 Å². The molecule has 2 spiro atoms. The summed E-state index contributed by atoms with van der Waals surface area (Å²) in [5, 5.41) is 9.28. The van der Waals surface area contributed by atoms with Crippen molar-refractivity contribution < 1.29 is 43.2 Å². The molecule has 6 aliphatic rings. The zero-order chi connectivity index (χ0) is 26.4. The molecule has 2 saturated heterocycles. The highest BCUT2D eigenvalue weighted by atomic mass is 16.9. The summed E-state index contributed by atoms with van der Waals surface area (Å²) < 4.78 is 30.4. The Morgan fingerprint density at radius 1 is 1.11 bits per heavy atom. The van der Waals surface area contributed by atoms with Crippen LogP contribution < -0.4 is 0 Å². The molecule has 37 heavy (non-hydrogen) atoms. The second-order valence-electron chi connectivity index (χ2n) is 13.2. The number of carboxylic acids is 1. The molecule has 0 bridgehead atoms. The number of ether oxygens (including phenoxy) is 5. The number of allylic oxidation sites excluding steroid dienone is 1. The van der Waals surface area contributed by atoms with Gasteiger partial charge < -0.3 is 28.8 Å². The van der Waals surface area contributed by atoms with Gasteiger partial charge in [0.2, 0.25) is 5.79 Å². The fraction of sp³-hybridized carbons (Fsp3) is 0.821. The lowest BCUT2D eigenvalue weighted by Crippen LogP contribution is -2.66. The molecule has 0 amide bonds. The minimum Gasteiger partial charge on any atom is -0.481 e. The number of hydrogen-bond donors (Lipinski definition) is 1. The van der Waals surface area contributed by atoms with Crippen molar-refractivity contribution in [3.63, 3.8) is 0 Å². The van der Waals surface area contributed by atoms with Gasteiger partial charge in [0.25, 0.3) is 0 Å². The molecular formula is C28H38O9. The maximum absolute atomic E-state index is 12.9. The summed E-state index contributed by atoms with van der Waals surface area (Å²) in [6.07, 6.45) is 5.22. The predicted octanol–water partition coefficient (Wildman–Crippen LogP) is 3.59. The molecule has 0 aromatic rings. The monoisotopic (exact) mass is 518 g/mol. The summed E-state index contributed by atoms with van der Waals surface area (Å²) in [7, 11) is 0. The zero-order valence-electron chi connectivity index (χ0n) is 22.2. The van der Waals surface area contributed by atoms with E-state index in [9.17, 15) is 19.5 Å². The quantitative estimate of drug-likeness (QED) is 0.442. The van der Waals surface area contributed by atoms with Gasteiger partial charge in [0, 0.05) is 16.7 Å². The van der Waals surface area contributed by atoms with Crippen molar-refractivity contribution in [2.45, 2.75) is 90.1 Å². The molecular weight excluding hydrogens is 480 g/mol. The second-order valence-corrected chi connectivity index (χ2v) is 13.2. The lowest BCUT2D eigenvalue weighted by molar-refractivity contribution is -0.259. The molecule has 4 unspecified atom stereocenters. The molecule has 0 aromatic carbocycles. The molecule has 204 valence electrons. The smallest absolute Gasteiger partial charge is 0.317 e. The van der Waals surface area contributed by atoms with Crippen molar-refractivity contribution in [2.24, 2.45) is 34.0 Å². The molecule has 8 atom stereocenters. The number of fused-ring (bicyclic) bond motifs is 7. The van der Waals surface area contributed by atoms with Gasteiger partial charge in [0.1, 0.15) is 24.7 Å². The van der Waals surface area contributed by atoms with Crippen LogP contribution in [0.4, 0.5) is 0 Å². The van der Waals surface area contributed by atoms with Gasteiger partial charge in [-0.1, -0.05) is 33.3 Å². The van der Waals surface area contributed by atoms with Gasteiger partial charge in [0.15, 0.2) is 19.4 Å². The zero-order valence-corrected chi connectivity index (χ0v) is 22.2. The first-order valence-corrected chi connectivity index (χ1v) is 13.5. The number of aliphatic carboxylic acids is 1. The molecule has 3 saturated carbocycles. The van der Waals surface area contributed by atoms with E-state index in [1.54, 1.807) is 0 Å². The first-order valence-electron chi connectivity index (χ1n) is 13.5. The summed E-state index contributed by atoms with van der Waals surface area (Å²) in [6.45, 7) is 8.96. The molecule has 1 N–H and O–H groups in total. The highest BCUT2D eigenvalue weighted by molar-refractivity contribution is 5.96. The summed E-state index contributed by atoms with van der Waals surface area (Å²) in [4.78, 5) is 37.1. The number of ketones is 1. The molecule has 2 aliphatic heterocycles. The van der Waals surface area contributed by atoms with Gasteiger partial charge in [-0.3, -0.25) is 14.4 Å². The van der Waals surface area contributed by atoms with Crippen molar-refractivity contribution >= 4 is 17.7 Å². The Hall–Kier alpha value is -1.81. The average Bonchev–Trinajstić information content (AvgIpc) is 3.48. The third-order valence-electron chi connectivity index (χ3n) is 11.0. The van der Waals surface area contributed by atoms with Crippen LogP contribution in [0.15, 0.2) is 11.6 Å². The minimum absolute atomic E-state index is 0.0233. The fourth-order valence-electron chi connectivity index (χ4n) is 9.68. The molecule has 2 heterocycles. The Morgan fingerprint density at radius 3 is 2.57 bits per heavy atom. The maximum Gasteiger partial charge on any atom is 0.317 e. The average molecular weight is 519 g/mol. The third kappa shape index (κ3) is 3.33. The molecule has 0 radical (unpaired) electrons. The van der Waals surface area contributed by atoms with Crippen LogP contribution >= 0.6 is 0 Å². The number of carboxylic acid groups (broad SMARTS) is 1. The van der Waals surface area contributed by atoms with E-state index in [2.05, 4.69) is 13.8 Å². The number of carbonyl (C=O) groups excluding carboxylic acids is 2. The normalized spacial score (nSPS) is 47.9. The fourth-order valence-corrected chi connectivity index (χ4v) is 9.68. The van der Waals surface area contributed by atoms with Crippen LogP contribution in [0.5, 0.6) is 0 Å². The summed E-state index contributed by atoms with van der Waals surface area (Å²) in [5.74, 6) is -2.32. The Labute approximate surface area is 217 Å². The van der Waals surface area contributed by atoms with E-state index in [0.717, 1.165) is 31.3 Å². The van der Waals surface area contributed by atoms with Crippen LogP contribution in [-0.4, -0.2) is 60.5 Å². The summed E-state index contributed by atoms with van der Waals surface area (Å²) in [5.41, 5.74) is -0.900. The van der Waals surface area contributed by atoms with Crippen LogP contribution in [-0.2, 0) is 38.1 Å². The van der Waals surface area contributed by atoms with Crippen molar-refractivity contribution in [2.75, 3.05) is 20.2 Å². The number of carbonyl (C=O) groups is 3. The first kappa shape index (κ1) is 25.5. The molecule has 9 nitrogen and oxygen atoms in total. The molecule has 9 heteroatoms. The van der Waals surface area contributed by atoms with E-state index < -0.39 is 46.7 Å². The maximum atomic E-state index is 12.9. The summed E-state index contributed by atoms with van der Waals surface area (Å²) >= 11 is 0. The number of esters is 1. The van der Waals surface area contributed by atoms with Gasteiger partial charge in [-0.05, 0) is 61.9 Å². The third-order valence-corrected chi connectivity index (χ3v) is 11.0. The van der Waals surface area contributed by atoms with Gasteiger partial charge in [-0.15, -0.1) is 0 Å². The van der Waals surface area contributed by atoms with Gasteiger partial charge in [0.05, 0.1) is 0 Å². The standard InChI is InChI=1S/C28H38O9/c1-24(2)12-25(3)16(9-20(24)29)5-6-17-18-7-8-27(28(36-15-34-27)13-33-14-35-28)26(18,4)11-19(23(17)25)37-22(32)10-21(30)31/h9,17-19,23H,5-8,10-15H2,1-4H3,(H,30,31)/t17?,18?,19-,23?,25-,26-,27+,28?/m0/s1. The molecule has 6 rings (SSSR count). The molecule has 4 aliphatic carbocycles. The van der Waals surface area contributed by atoms with Crippen LogP contribution in [0.2, 0.25) is 0 Å². The van der Waals surface area contributed by atoms with Crippen LogP contribution in [0.25, 0.3) is 0 Å². The Morgan fingerprint density at radius 2 is 1.86 bits per heavy atom. The van der Waals surface area contributed by atoms with E-state index in [1.807, 2.05) is 19.9 Å². The largest absolute Gasteiger partial charge is 0.481 e. The first-order chi connectivity index (χ1) is 17.4. The van der Waals surface area contributed by atoms with Crippen molar-refractivity contribution in [3.8, 4) is 0 Å². The van der Waals surface area contributed by atoms with E-state index in [1.165, 1.54) is 0 Å². The van der Waals surface area contributed by atoms with Crippen LogP contribution in [0.3, 0.4) is 0 Å². The van der Waals surface area contributed by atoms with Crippen LogP contribution in [0, 0.1) is 34.0 Å². The van der Waals surface area contributed by atoms with Crippen molar-refractivity contribution in [1.82, 2.24) is 0 Å². The topological polar surface area (TPSA) is 118 Å². The van der Waals surface area contributed by atoms with Crippen LogP contribution in [0.1, 0.15) is 72.6 Å². The van der Waals surface area contributed by atoms with Gasteiger partial charge in [-0.25, -0.2) is 0 Å². The molecule has 5 fully saturated rings. The molecule has 0 aromatic heterocycles.